The number of fused-ring (bicyclic) bond motifs is 3. The Morgan fingerprint density at radius 1 is 1.48 bits per heavy atom. The highest BCUT2D eigenvalue weighted by atomic mass is 79.9. The minimum Gasteiger partial charge on any atom is -0.485 e. The Hall–Kier alpha value is -1.87. The van der Waals surface area contributed by atoms with Crippen molar-refractivity contribution in [2.75, 3.05) is 12.9 Å². The van der Waals surface area contributed by atoms with E-state index in [0.717, 1.165) is 6.26 Å². The second kappa shape index (κ2) is 5.64. The van der Waals surface area contributed by atoms with Gasteiger partial charge in [-0.05, 0) is 35.0 Å². The van der Waals surface area contributed by atoms with Gasteiger partial charge in [0.2, 0.25) is 0 Å². The zero-order chi connectivity index (χ0) is 16.8. The molecule has 3 rings (SSSR count). The highest BCUT2D eigenvalue weighted by molar-refractivity contribution is 9.10. The molecule has 1 aromatic heterocycles. The number of hydrogen-bond acceptors (Lipinski definition) is 6. The highest BCUT2D eigenvalue weighted by Crippen LogP contribution is 2.36. The van der Waals surface area contributed by atoms with Gasteiger partial charge < -0.3 is 9.47 Å². The number of nitrogens with zero attached hydrogens (tertiary/aromatic N) is 2. The highest BCUT2D eigenvalue weighted by Gasteiger charge is 2.29. The lowest BCUT2D eigenvalue weighted by Gasteiger charge is -2.21. The number of imidazole rings is 1. The van der Waals surface area contributed by atoms with E-state index in [1.165, 1.54) is 12.1 Å². The quantitative estimate of drug-likeness (QED) is 0.733. The fourth-order valence-electron chi connectivity index (χ4n) is 2.34. The van der Waals surface area contributed by atoms with Crippen molar-refractivity contribution in [2.24, 2.45) is 0 Å². The molecule has 0 atom stereocenters. The maximum absolute atomic E-state index is 12.0. The molecule has 0 saturated heterocycles. The Balaban J connectivity index is 2.14. The van der Waals surface area contributed by atoms with E-state index in [0.29, 0.717) is 21.9 Å². The van der Waals surface area contributed by atoms with Crippen LogP contribution in [0.2, 0.25) is 0 Å². The van der Waals surface area contributed by atoms with Crippen LogP contribution in [-0.4, -0.2) is 36.8 Å². The first-order chi connectivity index (χ1) is 10.8. The molecule has 1 aliphatic heterocycles. The van der Waals surface area contributed by atoms with Crippen LogP contribution in [0.1, 0.15) is 23.1 Å². The number of hydrogen-bond donors (Lipinski definition) is 0. The lowest BCUT2D eigenvalue weighted by molar-refractivity contribution is 0.0516. The summed E-state index contributed by atoms with van der Waals surface area (Å²) in [4.78, 5) is 16.3. The van der Waals surface area contributed by atoms with Gasteiger partial charge in [-0.3, -0.25) is 4.57 Å². The molecule has 0 aliphatic carbocycles. The van der Waals surface area contributed by atoms with Gasteiger partial charge in [-0.1, -0.05) is 0 Å². The molecule has 9 heteroatoms. The fraction of sp³-hybridized carbons (Fsp3) is 0.286. The van der Waals surface area contributed by atoms with Crippen molar-refractivity contribution in [3.8, 4) is 11.4 Å². The first kappa shape index (κ1) is 16.0. The molecule has 0 fully saturated rings. The second-order valence-electron chi connectivity index (χ2n) is 4.92. The van der Waals surface area contributed by atoms with E-state index in [-0.39, 0.29) is 23.8 Å². The summed E-state index contributed by atoms with van der Waals surface area (Å²) in [5.74, 6) is -0.115. The van der Waals surface area contributed by atoms with E-state index in [9.17, 15) is 13.2 Å². The summed E-state index contributed by atoms with van der Waals surface area (Å²) in [5, 5.41) is 0. The fourth-order valence-corrected chi connectivity index (χ4v) is 3.55. The molecule has 0 amide bonds. The number of carbonyl (C=O) groups excluding carboxylic acids is 1. The Kier molecular flexibility index (Phi) is 3.93. The lowest BCUT2D eigenvalue weighted by Crippen LogP contribution is -2.17. The molecular weight excluding hydrogens is 388 g/mol. The summed E-state index contributed by atoms with van der Waals surface area (Å²) in [6, 6.07) is 4.57. The summed E-state index contributed by atoms with van der Waals surface area (Å²) < 4.78 is 36.0. The molecule has 7 nitrogen and oxygen atoms in total. The van der Waals surface area contributed by atoms with Crippen molar-refractivity contribution in [1.29, 1.82) is 0 Å². The number of sulfone groups is 1. The summed E-state index contributed by atoms with van der Waals surface area (Å²) in [5.41, 5.74) is 1.33. The maximum atomic E-state index is 12.0. The van der Waals surface area contributed by atoms with Gasteiger partial charge in [-0.2, -0.15) is 0 Å². The molecule has 1 aliphatic rings. The largest absolute Gasteiger partial charge is 0.485 e. The zero-order valence-electron chi connectivity index (χ0n) is 12.4. The third-order valence-corrected chi connectivity index (χ3v) is 5.01. The molecule has 0 spiro atoms. The molecular formula is C14H13BrN2O5S. The Morgan fingerprint density at radius 3 is 2.87 bits per heavy atom. The smallest absolute Gasteiger partial charge is 0.359 e. The minimum absolute atomic E-state index is 0.0902. The molecule has 0 bridgehead atoms. The first-order valence-corrected chi connectivity index (χ1v) is 9.43. The van der Waals surface area contributed by atoms with Gasteiger partial charge in [-0.15, -0.1) is 0 Å². The van der Waals surface area contributed by atoms with E-state index in [1.54, 1.807) is 17.6 Å². The molecule has 2 heterocycles. The normalized spacial score (nSPS) is 13.0. The topological polar surface area (TPSA) is 87.5 Å². The number of halogens is 1. The molecule has 122 valence electrons. The van der Waals surface area contributed by atoms with Crippen molar-refractivity contribution in [3.05, 3.63) is 34.3 Å². The van der Waals surface area contributed by atoms with E-state index in [4.69, 9.17) is 9.47 Å². The van der Waals surface area contributed by atoms with Crippen molar-refractivity contribution >= 4 is 31.7 Å². The van der Waals surface area contributed by atoms with E-state index in [2.05, 4.69) is 20.9 Å². The SMILES string of the molecule is CCOC(=O)c1nc(Br)n2c1COc1cc(S(C)(=O)=O)ccc1-2. The van der Waals surface area contributed by atoms with Crippen molar-refractivity contribution in [1.82, 2.24) is 9.55 Å². The predicted molar refractivity (Wildman–Crippen MR) is 84.7 cm³/mol. The summed E-state index contributed by atoms with van der Waals surface area (Å²) >= 11 is 3.32. The number of aromatic nitrogens is 2. The van der Waals surface area contributed by atoms with Crippen molar-refractivity contribution in [2.45, 2.75) is 18.4 Å². The number of ether oxygens (including phenoxy) is 2. The Bertz CT molecular complexity index is 904. The summed E-state index contributed by atoms with van der Waals surface area (Å²) in [6.07, 6.45) is 1.13. The number of carbonyl (C=O) groups is 1. The van der Waals surface area contributed by atoms with Crippen LogP contribution in [0, 0.1) is 0 Å². The molecule has 0 saturated carbocycles. The number of rotatable bonds is 3. The summed E-state index contributed by atoms with van der Waals surface area (Å²) in [7, 11) is -3.33. The third-order valence-electron chi connectivity index (χ3n) is 3.37. The second-order valence-corrected chi connectivity index (χ2v) is 7.65. The van der Waals surface area contributed by atoms with Gasteiger partial charge in [0.1, 0.15) is 12.4 Å². The molecule has 23 heavy (non-hydrogen) atoms. The van der Waals surface area contributed by atoms with Crippen LogP contribution >= 0.6 is 15.9 Å². The first-order valence-electron chi connectivity index (χ1n) is 6.74. The summed E-state index contributed by atoms with van der Waals surface area (Å²) in [6.45, 7) is 2.05. The molecule has 0 N–H and O–H groups in total. The van der Waals surface area contributed by atoms with Gasteiger partial charge in [0, 0.05) is 12.3 Å². The van der Waals surface area contributed by atoms with Crippen LogP contribution in [0.5, 0.6) is 5.75 Å². The Labute approximate surface area is 141 Å². The van der Waals surface area contributed by atoms with E-state index < -0.39 is 15.8 Å². The van der Waals surface area contributed by atoms with Crippen LogP contribution in [-0.2, 0) is 21.2 Å². The average molecular weight is 401 g/mol. The van der Waals surface area contributed by atoms with Crippen LogP contribution in [0.15, 0.2) is 27.8 Å². The van der Waals surface area contributed by atoms with Crippen molar-refractivity contribution in [3.63, 3.8) is 0 Å². The number of benzene rings is 1. The van der Waals surface area contributed by atoms with Gasteiger partial charge in [0.15, 0.2) is 20.3 Å². The van der Waals surface area contributed by atoms with E-state index in [1.807, 2.05) is 0 Å². The molecule has 1 aromatic carbocycles. The van der Waals surface area contributed by atoms with Gasteiger partial charge in [0.25, 0.3) is 0 Å². The van der Waals surface area contributed by atoms with Crippen molar-refractivity contribution < 1.29 is 22.7 Å². The van der Waals surface area contributed by atoms with Gasteiger partial charge in [-0.25, -0.2) is 18.2 Å². The third kappa shape index (κ3) is 2.74. The van der Waals surface area contributed by atoms with Crippen LogP contribution in [0.3, 0.4) is 0 Å². The standard InChI is InChI=1S/C14H13BrN2O5S/c1-3-21-13(18)12-10-7-22-11-6-8(23(2,19)20)4-5-9(11)17(10)14(15)16-12/h4-6H,3,7H2,1-2H3. The monoisotopic (exact) mass is 400 g/mol. The molecule has 2 aromatic rings. The Morgan fingerprint density at radius 2 is 2.22 bits per heavy atom. The zero-order valence-corrected chi connectivity index (χ0v) is 14.8. The van der Waals surface area contributed by atoms with Gasteiger partial charge >= 0.3 is 5.97 Å². The lowest BCUT2D eigenvalue weighted by atomic mass is 10.2. The minimum atomic E-state index is -3.33. The molecule has 0 radical (unpaired) electrons. The maximum Gasteiger partial charge on any atom is 0.359 e. The van der Waals surface area contributed by atoms with Crippen LogP contribution in [0.4, 0.5) is 0 Å². The molecule has 0 unspecified atom stereocenters. The van der Waals surface area contributed by atoms with E-state index >= 15 is 0 Å². The predicted octanol–water partition coefficient (Wildman–Crippen LogP) is 2.11. The van der Waals surface area contributed by atoms with Gasteiger partial charge in [0.05, 0.1) is 22.9 Å². The average Bonchev–Trinajstić information content (AvgIpc) is 2.83. The number of esters is 1. The van der Waals surface area contributed by atoms with Crippen LogP contribution in [0.25, 0.3) is 5.69 Å². The van der Waals surface area contributed by atoms with Crippen LogP contribution < -0.4 is 4.74 Å².